The number of hydrogen-bond acceptors (Lipinski definition) is 5. The summed E-state index contributed by atoms with van der Waals surface area (Å²) in [6, 6.07) is 8.33. The highest BCUT2D eigenvalue weighted by Crippen LogP contribution is 2.34. The van der Waals surface area contributed by atoms with Crippen LogP contribution in [0.15, 0.2) is 42.5 Å². The van der Waals surface area contributed by atoms with E-state index in [1.807, 2.05) is 0 Å². The second-order valence-electron chi connectivity index (χ2n) is 5.32. The van der Waals surface area contributed by atoms with E-state index < -0.39 is 19.1 Å². The van der Waals surface area contributed by atoms with E-state index in [2.05, 4.69) is 14.8 Å². The quantitative estimate of drug-likeness (QED) is 0.481. The molecule has 0 aromatic heterocycles. The Labute approximate surface area is 163 Å². The largest absolute Gasteiger partial charge is 0.493 e. The topological polar surface area (TPSA) is 66.0 Å². The van der Waals surface area contributed by atoms with Gasteiger partial charge in [0, 0.05) is 23.4 Å². The zero-order valence-electron chi connectivity index (χ0n) is 15.3. The van der Waals surface area contributed by atoms with Gasteiger partial charge in [0.25, 0.3) is 0 Å². The maximum atomic E-state index is 12.6. The number of para-hydroxylation sites is 1. The first kappa shape index (κ1) is 21.9. The van der Waals surface area contributed by atoms with Crippen LogP contribution in [0.1, 0.15) is 5.56 Å². The number of carbonyl (C=O) groups is 1. The summed E-state index contributed by atoms with van der Waals surface area (Å²) < 4.78 is 68.9. The molecule has 0 fully saturated rings. The van der Waals surface area contributed by atoms with E-state index in [0.29, 0.717) is 0 Å². The monoisotopic (exact) mass is 415 g/mol. The maximum Gasteiger partial charge on any atom is 0.387 e. The van der Waals surface area contributed by atoms with Crippen molar-refractivity contribution < 1.29 is 41.3 Å². The van der Waals surface area contributed by atoms with Crippen LogP contribution in [0.25, 0.3) is 6.08 Å². The van der Waals surface area contributed by atoms with Gasteiger partial charge in [-0.2, -0.15) is 17.6 Å². The van der Waals surface area contributed by atoms with Gasteiger partial charge in [0.1, 0.15) is 0 Å². The standard InChI is InChI=1S/C19H17F4NO5/c1-26-13-8-7-12(10-15(13)28-18(20)21)24-16(25)9-6-11-4-3-5-14(27-2)17(11)29-19(22)23/h3-10,18-19H,1-2H3,(H,24,25)/b9-6+. The minimum atomic E-state index is -3.08. The average Bonchev–Trinajstić information content (AvgIpc) is 2.66. The molecule has 0 aliphatic heterocycles. The first-order valence-corrected chi connectivity index (χ1v) is 8.07. The minimum Gasteiger partial charge on any atom is -0.493 e. The van der Waals surface area contributed by atoms with Crippen molar-refractivity contribution in [2.75, 3.05) is 19.5 Å². The van der Waals surface area contributed by atoms with Crippen LogP contribution >= 0.6 is 0 Å². The van der Waals surface area contributed by atoms with Gasteiger partial charge in [-0.15, -0.1) is 0 Å². The molecule has 2 aromatic carbocycles. The SMILES string of the molecule is COc1ccc(NC(=O)/C=C/c2cccc(OC)c2OC(F)F)cc1OC(F)F. The van der Waals surface area contributed by atoms with Gasteiger partial charge in [-0.3, -0.25) is 4.79 Å². The van der Waals surface area contributed by atoms with E-state index in [9.17, 15) is 22.4 Å². The smallest absolute Gasteiger partial charge is 0.387 e. The highest BCUT2D eigenvalue weighted by molar-refractivity contribution is 6.02. The summed E-state index contributed by atoms with van der Waals surface area (Å²) in [6.07, 6.45) is 2.31. The van der Waals surface area contributed by atoms with E-state index >= 15 is 0 Å². The molecule has 2 rings (SSSR count). The first-order valence-electron chi connectivity index (χ1n) is 8.07. The maximum absolute atomic E-state index is 12.6. The molecule has 0 aliphatic carbocycles. The van der Waals surface area contributed by atoms with Crippen LogP contribution in [0.2, 0.25) is 0 Å². The van der Waals surface area contributed by atoms with Crippen molar-refractivity contribution in [3.05, 3.63) is 48.0 Å². The summed E-state index contributed by atoms with van der Waals surface area (Å²) in [4.78, 5) is 12.1. The molecule has 0 unspecified atom stereocenters. The van der Waals surface area contributed by atoms with Gasteiger partial charge in [-0.05, 0) is 24.3 Å². The van der Waals surface area contributed by atoms with Gasteiger partial charge in [0.15, 0.2) is 23.0 Å². The summed E-state index contributed by atoms with van der Waals surface area (Å²) in [6.45, 7) is -6.16. The molecular formula is C19H17F4NO5. The highest BCUT2D eigenvalue weighted by atomic mass is 19.3. The summed E-state index contributed by atoms with van der Waals surface area (Å²) in [5.74, 6) is -1.01. The fraction of sp³-hybridized carbons (Fsp3) is 0.211. The van der Waals surface area contributed by atoms with Crippen molar-refractivity contribution in [3.63, 3.8) is 0 Å². The molecule has 156 valence electrons. The number of benzene rings is 2. The number of amides is 1. The number of anilines is 1. The van der Waals surface area contributed by atoms with Crippen molar-refractivity contribution in [1.82, 2.24) is 0 Å². The van der Waals surface area contributed by atoms with Gasteiger partial charge in [0.05, 0.1) is 14.2 Å². The lowest BCUT2D eigenvalue weighted by molar-refractivity contribution is -0.111. The molecule has 0 saturated carbocycles. The molecule has 0 atom stereocenters. The van der Waals surface area contributed by atoms with Gasteiger partial charge in [0.2, 0.25) is 5.91 Å². The Kier molecular flexibility index (Phi) is 7.70. The molecule has 0 radical (unpaired) electrons. The third-order valence-electron chi connectivity index (χ3n) is 3.50. The van der Waals surface area contributed by atoms with E-state index in [4.69, 9.17) is 9.47 Å². The molecule has 0 heterocycles. The Morgan fingerprint density at radius 1 is 0.931 bits per heavy atom. The van der Waals surface area contributed by atoms with Gasteiger partial charge >= 0.3 is 13.2 Å². The Morgan fingerprint density at radius 2 is 1.62 bits per heavy atom. The number of halogens is 4. The lowest BCUT2D eigenvalue weighted by Gasteiger charge is -2.12. The Bertz CT molecular complexity index is 874. The predicted octanol–water partition coefficient (Wildman–Crippen LogP) is 4.56. The van der Waals surface area contributed by atoms with Gasteiger partial charge in [-0.1, -0.05) is 12.1 Å². The van der Waals surface area contributed by atoms with Crippen LogP contribution in [0, 0.1) is 0 Å². The molecule has 2 aromatic rings. The second kappa shape index (κ2) is 10.2. The molecule has 0 bridgehead atoms. The van der Waals surface area contributed by atoms with Crippen LogP contribution in [-0.4, -0.2) is 33.3 Å². The predicted molar refractivity (Wildman–Crippen MR) is 96.9 cm³/mol. The number of nitrogens with one attached hydrogen (secondary N) is 1. The van der Waals surface area contributed by atoms with E-state index in [1.165, 1.54) is 50.6 Å². The number of ether oxygens (including phenoxy) is 4. The lowest BCUT2D eigenvalue weighted by atomic mass is 10.1. The molecule has 1 N–H and O–H groups in total. The van der Waals surface area contributed by atoms with Crippen LogP contribution in [0.4, 0.5) is 23.2 Å². The lowest BCUT2D eigenvalue weighted by Crippen LogP contribution is -2.09. The van der Waals surface area contributed by atoms with Crippen molar-refractivity contribution in [1.29, 1.82) is 0 Å². The molecule has 0 aliphatic rings. The molecule has 0 spiro atoms. The molecule has 10 heteroatoms. The van der Waals surface area contributed by atoms with E-state index in [1.54, 1.807) is 0 Å². The summed E-state index contributed by atoms with van der Waals surface area (Å²) >= 11 is 0. The molecular weight excluding hydrogens is 398 g/mol. The summed E-state index contributed by atoms with van der Waals surface area (Å²) in [7, 11) is 2.57. The number of carbonyl (C=O) groups excluding carboxylic acids is 1. The van der Waals surface area contributed by atoms with Crippen LogP contribution in [-0.2, 0) is 4.79 Å². The van der Waals surface area contributed by atoms with Gasteiger partial charge in [-0.25, -0.2) is 0 Å². The number of rotatable bonds is 9. The van der Waals surface area contributed by atoms with Crippen LogP contribution in [0.5, 0.6) is 23.0 Å². The fourth-order valence-corrected chi connectivity index (χ4v) is 2.33. The van der Waals surface area contributed by atoms with Crippen molar-refractivity contribution in [2.24, 2.45) is 0 Å². The van der Waals surface area contributed by atoms with E-state index in [0.717, 1.165) is 12.1 Å². The van der Waals surface area contributed by atoms with Crippen molar-refractivity contribution >= 4 is 17.7 Å². The Balaban J connectivity index is 2.18. The van der Waals surface area contributed by atoms with Gasteiger partial charge < -0.3 is 24.3 Å². The summed E-state index contributed by atoms with van der Waals surface area (Å²) in [5, 5.41) is 2.44. The molecule has 0 saturated heterocycles. The Morgan fingerprint density at radius 3 is 2.24 bits per heavy atom. The van der Waals surface area contributed by atoms with E-state index in [-0.39, 0.29) is 34.2 Å². The minimum absolute atomic E-state index is 0.0593. The average molecular weight is 415 g/mol. The molecule has 6 nitrogen and oxygen atoms in total. The number of hydrogen-bond donors (Lipinski definition) is 1. The highest BCUT2D eigenvalue weighted by Gasteiger charge is 2.15. The van der Waals surface area contributed by atoms with Crippen LogP contribution < -0.4 is 24.3 Å². The third-order valence-corrected chi connectivity index (χ3v) is 3.50. The third kappa shape index (κ3) is 6.30. The van der Waals surface area contributed by atoms with Crippen LogP contribution in [0.3, 0.4) is 0 Å². The Hall–Kier alpha value is -3.43. The first-order chi connectivity index (χ1) is 13.8. The number of alkyl halides is 4. The second-order valence-corrected chi connectivity index (χ2v) is 5.32. The normalized spacial score (nSPS) is 11.0. The zero-order valence-corrected chi connectivity index (χ0v) is 15.3. The number of methoxy groups -OCH3 is 2. The van der Waals surface area contributed by atoms with Crippen molar-refractivity contribution in [3.8, 4) is 23.0 Å². The molecule has 1 amide bonds. The molecule has 29 heavy (non-hydrogen) atoms. The fourth-order valence-electron chi connectivity index (χ4n) is 2.33. The zero-order chi connectivity index (χ0) is 21.4. The summed E-state index contributed by atoms with van der Waals surface area (Å²) in [5.41, 5.74) is 0.335. The van der Waals surface area contributed by atoms with Crippen molar-refractivity contribution in [2.45, 2.75) is 13.2 Å².